The van der Waals surface area contributed by atoms with Crippen LogP contribution in [0.15, 0.2) is 24.3 Å². The minimum atomic E-state index is -4.46. The predicted octanol–water partition coefficient (Wildman–Crippen LogP) is 2.70. The molecule has 0 radical (unpaired) electrons. The number of alkyl halides is 3. The van der Waals surface area contributed by atoms with Gasteiger partial charge in [-0.2, -0.15) is 13.2 Å². The second-order valence-electron chi connectivity index (χ2n) is 6.20. The zero-order valence-electron chi connectivity index (χ0n) is 13.6. The molecule has 0 aromatic heterocycles. The van der Waals surface area contributed by atoms with Gasteiger partial charge in [-0.3, -0.25) is 9.59 Å². The molecule has 25 heavy (non-hydrogen) atoms. The first-order chi connectivity index (χ1) is 11.8. The summed E-state index contributed by atoms with van der Waals surface area (Å²) in [6.45, 7) is -0.0239. The van der Waals surface area contributed by atoms with Gasteiger partial charge in [0, 0.05) is 12.2 Å². The lowest BCUT2D eigenvalue weighted by Gasteiger charge is -2.26. The van der Waals surface area contributed by atoms with Crippen LogP contribution in [0.3, 0.4) is 0 Å². The van der Waals surface area contributed by atoms with Crippen LogP contribution in [0.1, 0.15) is 37.7 Å². The Kier molecular flexibility index (Phi) is 6.41. The van der Waals surface area contributed by atoms with Gasteiger partial charge in [0.2, 0.25) is 0 Å². The molecule has 1 aliphatic rings. The monoisotopic (exact) mass is 358 g/mol. The van der Waals surface area contributed by atoms with E-state index in [-0.39, 0.29) is 18.2 Å². The highest BCUT2D eigenvalue weighted by atomic mass is 19.4. The standard InChI is InChI=1S/C17H21F3N2O3/c18-17(19,20)12-6-8-13(9-7-12)22-16(25)15(24)21-10-14(23)11-4-2-1-3-5-11/h6-9,11,14,23H,1-5,10H2,(H,21,24)(H,22,25). The number of carbonyl (C=O) groups excluding carboxylic acids is 2. The lowest BCUT2D eigenvalue weighted by molar-refractivity contribution is -0.137. The third-order valence-corrected chi connectivity index (χ3v) is 4.34. The van der Waals surface area contributed by atoms with Crippen LogP contribution in [-0.4, -0.2) is 29.6 Å². The number of benzene rings is 1. The lowest BCUT2D eigenvalue weighted by atomic mass is 9.85. The number of hydrogen-bond acceptors (Lipinski definition) is 3. The van der Waals surface area contributed by atoms with E-state index in [0.717, 1.165) is 56.4 Å². The van der Waals surface area contributed by atoms with Gasteiger partial charge in [0.05, 0.1) is 11.7 Å². The third kappa shape index (κ3) is 5.74. The number of anilines is 1. The molecular formula is C17H21F3N2O3. The maximum absolute atomic E-state index is 12.5. The number of amides is 2. The van der Waals surface area contributed by atoms with Crippen molar-refractivity contribution in [1.82, 2.24) is 5.32 Å². The predicted molar refractivity (Wildman–Crippen MR) is 85.7 cm³/mol. The number of aliphatic hydroxyl groups is 1. The van der Waals surface area contributed by atoms with Gasteiger partial charge in [0.25, 0.3) is 0 Å². The van der Waals surface area contributed by atoms with Crippen LogP contribution in [-0.2, 0) is 15.8 Å². The highest BCUT2D eigenvalue weighted by Gasteiger charge is 2.30. The van der Waals surface area contributed by atoms with Gasteiger partial charge in [-0.1, -0.05) is 19.3 Å². The number of aliphatic hydroxyl groups excluding tert-OH is 1. The van der Waals surface area contributed by atoms with Crippen molar-refractivity contribution in [3.63, 3.8) is 0 Å². The first-order valence-electron chi connectivity index (χ1n) is 8.22. The largest absolute Gasteiger partial charge is 0.416 e. The minimum Gasteiger partial charge on any atom is -0.391 e. The first kappa shape index (κ1) is 19.2. The summed E-state index contributed by atoms with van der Waals surface area (Å²) in [5, 5.41) is 14.6. The molecule has 2 rings (SSSR count). The Morgan fingerprint density at radius 3 is 2.24 bits per heavy atom. The Morgan fingerprint density at radius 1 is 1.08 bits per heavy atom. The van der Waals surface area contributed by atoms with Crippen molar-refractivity contribution in [2.75, 3.05) is 11.9 Å². The number of hydrogen-bond donors (Lipinski definition) is 3. The van der Waals surface area contributed by atoms with Crippen molar-refractivity contribution in [2.45, 2.75) is 44.4 Å². The van der Waals surface area contributed by atoms with Gasteiger partial charge < -0.3 is 15.7 Å². The van der Waals surface area contributed by atoms with E-state index in [9.17, 15) is 27.9 Å². The molecule has 0 heterocycles. The van der Waals surface area contributed by atoms with E-state index in [4.69, 9.17) is 0 Å². The highest BCUT2D eigenvalue weighted by molar-refractivity contribution is 6.39. The molecule has 0 aliphatic heterocycles. The number of halogens is 3. The Hall–Kier alpha value is -2.09. The molecule has 0 spiro atoms. The summed E-state index contributed by atoms with van der Waals surface area (Å²) in [6, 6.07) is 3.79. The van der Waals surface area contributed by atoms with Crippen LogP contribution >= 0.6 is 0 Å². The van der Waals surface area contributed by atoms with Gasteiger partial charge in [-0.05, 0) is 43.0 Å². The molecule has 1 aliphatic carbocycles. The Balaban J connectivity index is 1.80. The maximum atomic E-state index is 12.5. The quantitative estimate of drug-likeness (QED) is 0.724. The van der Waals surface area contributed by atoms with E-state index in [0.29, 0.717) is 0 Å². The van der Waals surface area contributed by atoms with Crippen molar-refractivity contribution in [3.05, 3.63) is 29.8 Å². The van der Waals surface area contributed by atoms with Crippen molar-refractivity contribution in [3.8, 4) is 0 Å². The molecule has 1 saturated carbocycles. The van der Waals surface area contributed by atoms with Crippen LogP contribution in [0.5, 0.6) is 0 Å². The fourth-order valence-electron chi connectivity index (χ4n) is 2.89. The van der Waals surface area contributed by atoms with E-state index in [1.54, 1.807) is 0 Å². The summed E-state index contributed by atoms with van der Waals surface area (Å²) < 4.78 is 37.4. The van der Waals surface area contributed by atoms with E-state index in [2.05, 4.69) is 10.6 Å². The van der Waals surface area contributed by atoms with Crippen LogP contribution in [0.2, 0.25) is 0 Å². The number of nitrogens with one attached hydrogen (secondary N) is 2. The van der Waals surface area contributed by atoms with Crippen LogP contribution in [0.4, 0.5) is 18.9 Å². The van der Waals surface area contributed by atoms with E-state index in [1.165, 1.54) is 0 Å². The summed E-state index contributed by atoms with van der Waals surface area (Å²) in [6.07, 6.45) is -0.138. The van der Waals surface area contributed by atoms with Crippen molar-refractivity contribution in [2.24, 2.45) is 5.92 Å². The summed E-state index contributed by atoms with van der Waals surface area (Å²) in [5.74, 6) is -1.81. The zero-order valence-corrected chi connectivity index (χ0v) is 13.6. The minimum absolute atomic E-state index is 0.0239. The van der Waals surface area contributed by atoms with Crippen LogP contribution in [0, 0.1) is 5.92 Å². The van der Waals surface area contributed by atoms with Crippen LogP contribution in [0.25, 0.3) is 0 Å². The summed E-state index contributed by atoms with van der Waals surface area (Å²) in [7, 11) is 0. The maximum Gasteiger partial charge on any atom is 0.416 e. The van der Waals surface area contributed by atoms with Crippen molar-refractivity contribution in [1.29, 1.82) is 0 Å². The molecule has 2 amide bonds. The van der Waals surface area contributed by atoms with Crippen LogP contribution < -0.4 is 10.6 Å². The molecule has 3 N–H and O–H groups in total. The smallest absolute Gasteiger partial charge is 0.391 e. The molecule has 138 valence electrons. The van der Waals surface area contributed by atoms with Gasteiger partial charge in [-0.25, -0.2) is 0 Å². The molecule has 1 atom stereocenters. The number of rotatable bonds is 4. The third-order valence-electron chi connectivity index (χ3n) is 4.34. The van der Waals surface area contributed by atoms with Crippen molar-refractivity contribution >= 4 is 17.5 Å². The molecule has 1 fully saturated rings. The molecular weight excluding hydrogens is 337 g/mol. The average molecular weight is 358 g/mol. The summed E-state index contributed by atoms with van der Waals surface area (Å²) >= 11 is 0. The normalized spacial score (nSPS) is 17.0. The Morgan fingerprint density at radius 2 is 1.68 bits per heavy atom. The summed E-state index contributed by atoms with van der Waals surface area (Å²) in [5.41, 5.74) is -0.758. The van der Waals surface area contributed by atoms with E-state index in [1.807, 2.05) is 0 Å². The highest BCUT2D eigenvalue weighted by Crippen LogP contribution is 2.29. The zero-order chi connectivity index (χ0) is 18.4. The van der Waals surface area contributed by atoms with Gasteiger partial charge in [-0.15, -0.1) is 0 Å². The number of carbonyl (C=O) groups is 2. The molecule has 0 bridgehead atoms. The SMILES string of the molecule is O=C(NCC(O)C1CCCCC1)C(=O)Nc1ccc(C(F)(F)F)cc1. The van der Waals surface area contributed by atoms with E-state index < -0.39 is 29.7 Å². The average Bonchev–Trinajstić information content (AvgIpc) is 2.59. The second-order valence-corrected chi connectivity index (χ2v) is 6.20. The fraction of sp³-hybridized carbons (Fsp3) is 0.529. The topological polar surface area (TPSA) is 78.4 Å². The first-order valence-corrected chi connectivity index (χ1v) is 8.22. The van der Waals surface area contributed by atoms with Crippen molar-refractivity contribution < 1.29 is 27.9 Å². The van der Waals surface area contributed by atoms with E-state index >= 15 is 0 Å². The lowest BCUT2D eigenvalue weighted by Crippen LogP contribution is -2.42. The Labute approximate surface area is 143 Å². The molecule has 5 nitrogen and oxygen atoms in total. The second kappa shape index (κ2) is 8.33. The van der Waals surface area contributed by atoms with Gasteiger partial charge >= 0.3 is 18.0 Å². The molecule has 1 aromatic rings. The fourth-order valence-corrected chi connectivity index (χ4v) is 2.89. The Bertz CT molecular complexity index is 596. The molecule has 8 heteroatoms. The van der Waals surface area contributed by atoms with Gasteiger partial charge in [0.15, 0.2) is 0 Å². The molecule has 1 unspecified atom stereocenters. The molecule has 1 aromatic carbocycles. The van der Waals surface area contributed by atoms with Gasteiger partial charge in [0.1, 0.15) is 0 Å². The summed E-state index contributed by atoms with van der Waals surface area (Å²) in [4.78, 5) is 23.5. The molecule has 0 saturated heterocycles.